The molecule has 1 aromatic heterocycles. The minimum absolute atomic E-state index is 0.00746. The van der Waals surface area contributed by atoms with Crippen molar-refractivity contribution in [1.82, 2.24) is 4.90 Å². The van der Waals surface area contributed by atoms with Crippen molar-refractivity contribution in [2.45, 2.75) is 24.0 Å². The third kappa shape index (κ3) is 6.20. The third-order valence-electron chi connectivity index (χ3n) is 4.44. The zero-order valence-electron chi connectivity index (χ0n) is 18.1. The van der Waals surface area contributed by atoms with E-state index in [2.05, 4.69) is 17.9 Å². The Balaban J connectivity index is 1.93. The lowest BCUT2D eigenvalue weighted by atomic mass is 10.2. The van der Waals surface area contributed by atoms with Gasteiger partial charge in [0.2, 0.25) is 0 Å². The highest BCUT2D eigenvalue weighted by molar-refractivity contribution is 8.19. The largest absolute Gasteiger partial charge is 0.493 e. The summed E-state index contributed by atoms with van der Waals surface area (Å²) < 4.78 is 40.8. The number of hydrogen-bond donors (Lipinski definition) is 0. The number of nitrogens with zero attached hydrogens (tertiary/aromatic N) is 2. The molecule has 3 rings (SSSR count). The number of amides is 1. The van der Waals surface area contributed by atoms with E-state index in [9.17, 15) is 13.2 Å². The van der Waals surface area contributed by atoms with Crippen molar-refractivity contribution in [3.8, 4) is 11.5 Å². The van der Waals surface area contributed by atoms with E-state index < -0.39 is 10.0 Å². The molecule has 0 aliphatic carbocycles. The van der Waals surface area contributed by atoms with E-state index in [0.29, 0.717) is 32.9 Å². The molecule has 11 heteroatoms. The number of hydrogen-bond acceptors (Lipinski definition) is 7. The van der Waals surface area contributed by atoms with E-state index in [4.69, 9.17) is 21.1 Å². The van der Waals surface area contributed by atoms with E-state index in [-0.39, 0.29) is 21.8 Å². The highest BCUT2D eigenvalue weighted by Gasteiger charge is 2.34. The molecule has 0 unspecified atom stereocenters. The van der Waals surface area contributed by atoms with Gasteiger partial charge < -0.3 is 9.47 Å². The van der Waals surface area contributed by atoms with Crippen LogP contribution in [-0.2, 0) is 14.8 Å². The Hall–Kier alpha value is -2.27. The Bertz CT molecular complexity index is 1200. The molecule has 0 N–H and O–H groups in total. The van der Waals surface area contributed by atoms with Crippen LogP contribution in [-0.4, -0.2) is 44.7 Å². The standard InChI is InChI=1S/C22H23ClN2O5S3/c1-4-6-12-30-17-13-15(7-8-16(17)29-3)14-18-21(26)25(11-5-2)22(31-18)24-33(27,28)20-10-9-19(23)32-20/h5,7-10,13-14H,2,4,6,11-12H2,1,3H3. The summed E-state index contributed by atoms with van der Waals surface area (Å²) in [4.78, 5) is 14.6. The molecule has 1 aliphatic rings. The Kier molecular flexibility index (Phi) is 8.63. The van der Waals surface area contributed by atoms with Gasteiger partial charge in [-0.25, -0.2) is 0 Å². The molecule has 176 valence electrons. The summed E-state index contributed by atoms with van der Waals surface area (Å²) in [5, 5.41) is 0.0589. The topological polar surface area (TPSA) is 85.3 Å². The number of carbonyl (C=O) groups is 1. The van der Waals surface area contributed by atoms with Crippen LogP contribution in [0.15, 0.2) is 56.5 Å². The molecule has 33 heavy (non-hydrogen) atoms. The molecule has 1 aromatic carbocycles. The summed E-state index contributed by atoms with van der Waals surface area (Å²) in [6.45, 7) is 6.40. The minimum Gasteiger partial charge on any atom is -0.493 e. The summed E-state index contributed by atoms with van der Waals surface area (Å²) >= 11 is 7.76. The van der Waals surface area contributed by atoms with Crippen LogP contribution in [0.4, 0.5) is 0 Å². The van der Waals surface area contributed by atoms with Crippen molar-refractivity contribution in [2.75, 3.05) is 20.3 Å². The van der Waals surface area contributed by atoms with Gasteiger partial charge in [-0.2, -0.15) is 8.42 Å². The molecule has 0 atom stereocenters. The van der Waals surface area contributed by atoms with Crippen LogP contribution >= 0.6 is 34.7 Å². The van der Waals surface area contributed by atoms with Crippen LogP contribution < -0.4 is 9.47 Å². The number of sulfonamides is 1. The van der Waals surface area contributed by atoms with E-state index in [0.717, 1.165) is 35.9 Å². The number of ether oxygens (including phenoxy) is 2. The van der Waals surface area contributed by atoms with E-state index >= 15 is 0 Å². The lowest BCUT2D eigenvalue weighted by Gasteiger charge is -2.12. The highest BCUT2D eigenvalue weighted by Crippen LogP contribution is 2.36. The first-order valence-electron chi connectivity index (χ1n) is 10.0. The highest BCUT2D eigenvalue weighted by atomic mass is 35.5. The van der Waals surface area contributed by atoms with Crippen LogP contribution in [0.1, 0.15) is 25.3 Å². The molecule has 0 saturated carbocycles. The van der Waals surface area contributed by atoms with Gasteiger partial charge in [-0.3, -0.25) is 9.69 Å². The maximum atomic E-state index is 13.0. The molecule has 1 aliphatic heterocycles. The van der Waals surface area contributed by atoms with Gasteiger partial charge in [0.1, 0.15) is 4.21 Å². The molecule has 2 aromatic rings. The molecule has 1 fully saturated rings. The summed E-state index contributed by atoms with van der Waals surface area (Å²) in [7, 11) is -2.45. The summed E-state index contributed by atoms with van der Waals surface area (Å²) in [5.41, 5.74) is 0.714. The second-order valence-corrected chi connectivity index (χ2v) is 11.4. The number of carbonyl (C=O) groups excluding carboxylic acids is 1. The molecule has 0 spiro atoms. The van der Waals surface area contributed by atoms with Gasteiger partial charge in [-0.15, -0.1) is 22.3 Å². The quantitative estimate of drug-likeness (QED) is 0.233. The van der Waals surface area contributed by atoms with Gasteiger partial charge in [-0.05, 0) is 54.1 Å². The van der Waals surface area contributed by atoms with E-state index in [1.165, 1.54) is 23.1 Å². The van der Waals surface area contributed by atoms with Gasteiger partial charge in [0, 0.05) is 6.54 Å². The molecule has 2 heterocycles. The summed E-state index contributed by atoms with van der Waals surface area (Å²) in [6, 6.07) is 8.22. The number of rotatable bonds is 10. The van der Waals surface area contributed by atoms with Gasteiger partial charge in [0.05, 0.1) is 23.0 Å². The number of benzene rings is 1. The number of halogens is 1. The SMILES string of the molecule is C=CCN1C(=O)C(=Cc2ccc(OC)c(OCCCC)c2)SC1=NS(=O)(=O)c1ccc(Cl)s1. The van der Waals surface area contributed by atoms with Crippen molar-refractivity contribution in [3.05, 3.63) is 57.8 Å². The third-order valence-corrected chi connectivity index (χ3v) is 8.53. The first kappa shape index (κ1) is 25.4. The van der Waals surface area contributed by atoms with Crippen molar-refractivity contribution in [1.29, 1.82) is 0 Å². The van der Waals surface area contributed by atoms with Gasteiger partial charge >= 0.3 is 0 Å². The molecule has 7 nitrogen and oxygen atoms in total. The van der Waals surface area contributed by atoms with Crippen molar-refractivity contribution in [3.63, 3.8) is 0 Å². The number of thioether (sulfide) groups is 1. The first-order chi connectivity index (χ1) is 15.8. The van der Waals surface area contributed by atoms with E-state index in [1.54, 1.807) is 31.4 Å². The number of methoxy groups -OCH3 is 1. The van der Waals surface area contributed by atoms with Crippen LogP contribution in [0.3, 0.4) is 0 Å². The normalized spacial score (nSPS) is 16.6. The van der Waals surface area contributed by atoms with Crippen molar-refractivity contribution >= 4 is 61.9 Å². The smallest absolute Gasteiger partial charge is 0.294 e. The van der Waals surface area contributed by atoms with Crippen molar-refractivity contribution < 1.29 is 22.7 Å². The van der Waals surface area contributed by atoms with Crippen LogP contribution in [0, 0.1) is 0 Å². The van der Waals surface area contributed by atoms with Gasteiger partial charge in [0.25, 0.3) is 15.9 Å². The average molecular weight is 527 g/mol. The number of thiophene rings is 1. The zero-order chi connectivity index (χ0) is 24.0. The minimum atomic E-state index is -4.01. The predicted molar refractivity (Wildman–Crippen MR) is 135 cm³/mol. The maximum Gasteiger partial charge on any atom is 0.294 e. The molecule has 1 saturated heterocycles. The Morgan fingerprint density at radius 3 is 2.67 bits per heavy atom. The molecule has 0 radical (unpaired) electrons. The monoisotopic (exact) mass is 526 g/mol. The number of unbranched alkanes of at least 4 members (excludes halogenated alkanes) is 1. The van der Waals surface area contributed by atoms with Crippen LogP contribution in [0.25, 0.3) is 6.08 Å². The Morgan fingerprint density at radius 2 is 2.03 bits per heavy atom. The number of amidine groups is 1. The van der Waals surface area contributed by atoms with E-state index in [1.807, 2.05) is 0 Å². The zero-order valence-corrected chi connectivity index (χ0v) is 21.3. The Morgan fingerprint density at radius 1 is 1.24 bits per heavy atom. The lowest BCUT2D eigenvalue weighted by molar-refractivity contribution is -0.121. The van der Waals surface area contributed by atoms with Gasteiger partial charge in [-0.1, -0.05) is 37.1 Å². The second kappa shape index (κ2) is 11.2. The van der Waals surface area contributed by atoms with Crippen molar-refractivity contribution in [2.24, 2.45) is 4.40 Å². The first-order valence-corrected chi connectivity index (χ1v) is 13.5. The molecular weight excluding hydrogens is 504 g/mol. The molecular formula is C22H23ClN2O5S3. The molecule has 1 amide bonds. The fourth-order valence-corrected chi connectivity index (χ4v) is 6.47. The molecule has 0 bridgehead atoms. The lowest BCUT2D eigenvalue weighted by Crippen LogP contribution is -2.29. The fraction of sp³-hybridized carbons (Fsp3) is 0.273. The Labute approximate surface area is 206 Å². The maximum absolute atomic E-state index is 13.0. The second-order valence-electron chi connectivity index (χ2n) is 6.83. The van der Waals surface area contributed by atoms with Gasteiger partial charge in [0.15, 0.2) is 16.7 Å². The summed E-state index contributed by atoms with van der Waals surface area (Å²) in [6.07, 6.45) is 5.09. The summed E-state index contributed by atoms with van der Waals surface area (Å²) in [5.74, 6) is 0.807. The predicted octanol–water partition coefficient (Wildman–Crippen LogP) is 5.44. The average Bonchev–Trinajstić information content (AvgIpc) is 3.34. The van der Waals surface area contributed by atoms with Crippen LogP contribution in [0.5, 0.6) is 11.5 Å². The fourth-order valence-electron chi connectivity index (χ4n) is 2.82. The van der Waals surface area contributed by atoms with Crippen LogP contribution in [0.2, 0.25) is 4.34 Å².